The van der Waals surface area contributed by atoms with Crippen molar-refractivity contribution in [2.45, 2.75) is 13.5 Å². The van der Waals surface area contributed by atoms with Gasteiger partial charge in [0.05, 0.1) is 12.2 Å². The third-order valence-corrected chi connectivity index (χ3v) is 4.92. The van der Waals surface area contributed by atoms with Crippen LogP contribution in [0.3, 0.4) is 0 Å². The molecule has 0 spiro atoms. The molecule has 3 aromatic carbocycles. The molecule has 1 amide bonds. The fraction of sp³-hybridized carbons (Fsp3) is 0.0870. The van der Waals surface area contributed by atoms with E-state index in [2.05, 4.69) is 36.4 Å². The molecule has 0 aromatic heterocycles. The van der Waals surface area contributed by atoms with Crippen molar-refractivity contribution >= 4 is 35.3 Å². The van der Waals surface area contributed by atoms with Crippen LogP contribution in [0.1, 0.15) is 23.6 Å². The summed E-state index contributed by atoms with van der Waals surface area (Å²) in [4.78, 5) is 14.1. The number of hydrogen-bond donors (Lipinski definition) is 0. The van der Waals surface area contributed by atoms with Crippen molar-refractivity contribution < 1.29 is 4.79 Å². The minimum Gasteiger partial charge on any atom is -0.308 e. The molecule has 128 valence electrons. The topological polar surface area (TPSA) is 20.3 Å². The van der Waals surface area contributed by atoms with Crippen LogP contribution in [0.4, 0.5) is 5.69 Å². The zero-order valence-electron chi connectivity index (χ0n) is 14.4. The average molecular weight is 360 g/mol. The zero-order chi connectivity index (χ0) is 18.1. The van der Waals surface area contributed by atoms with Gasteiger partial charge in [0.15, 0.2) is 0 Å². The minimum atomic E-state index is 0.0157. The van der Waals surface area contributed by atoms with E-state index >= 15 is 0 Å². The molecule has 0 unspecified atom stereocenters. The molecule has 0 N–H and O–H groups in total. The van der Waals surface area contributed by atoms with Crippen LogP contribution in [0, 0.1) is 0 Å². The van der Waals surface area contributed by atoms with E-state index in [4.69, 9.17) is 11.6 Å². The first kappa shape index (κ1) is 16.6. The van der Waals surface area contributed by atoms with Gasteiger partial charge in [-0.15, -0.1) is 0 Å². The predicted octanol–water partition coefficient (Wildman–Crippen LogP) is 6.04. The van der Waals surface area contributed by atoms with Gasteiger partial charge in [-0.05, 0) is 52.1 Å². The number of benzene rings is 3. The van der Waals surface area contributed by atoms with E-state index in [1.807, 2.05) is 42.5 Å². The second kappa shape index (κ2) is 6.81. The van der Waals surface area contributed by atoms with E-state index in [9.17, 15) is 4.79 Å². The predicted molar refractivity (Wildman–Crippen MR) is 109 cm³/mol. The van der Waals surface area contributed by atoms with Crippen molar-refractivity contribution in [3.8, 4) is 11.1 Å². The number of nitrogens with zero attached hydrogens (tertiary/aromatic N) is 1. The van der Waals surface area contributed by atoms with Gasteiger partial charge in [0.2, 0.25) is 5.91 Å². The van der Waals surface area contributed by atoms with E-state index in [1.54, 1.807) is 11.8 Å². The summed E-state index contributed by atoms with van der Waals surface area (Å²) in [5.41, 5.74) is 6.41. The molecule has 0 aliphatic carbocycles. The number of anilines is 1. The fourth-order valence-corrected chi connectivity index (χ4v) is 3.51. The summed E-state index contributed by atoms with van der Waals surface area (Å²) in [5, 5.41) is 0.663. The van der Waals surface area contributed by atoms with Gasteiger partial charge in [-0.3, -0.25) is 4.79 Å². The number of amides is 1. The molecule has 0 saturated carbocycles. The Morgan fingerprint density at radius 2 is 1.65 bits per heavy atom. The first-order chi connectivity index (χ1) is 12.6. The SMILES string of the molecule is CC(=O)N1Cc2ccc(-c3ccccc3)cc2C=Cc2cc(Cl)ccc21. The lowest BCUT2D eigenvalue weighted by Gasteiger charge is -2.26. The number of carbonyl (C=O) groups is 1. The molecule has 1 aliphatic heterocycles. The van der Waals surface area contributed by atoms with Crippen molar-refractivity contribution in [3.05, 3.63) is 88.4 Å². The summed E-state index contributed by atoms with van der Waals surface area (Å²) in [6, 6.07) is 22.3. The maximum atomic E-state index is 12.3. The molecule has 3 heteroatoms. The third-order valence-electron chi connectivity index (χ3n) is 4.68. The molecule has 0 saturated heterocycles. The third kappa shape index (κ3) is 3.16. The van der Waals surface area contributed by atoms with E-state index in [-0.39, 0.29) is 5.91 Å². The van der Waals surface area contributed by atoms with Crippen molar-refractivity contribution in [2.75, 3.05) is 4.90 Å². The summed E-state index contributed by atoms with van der Waals surface area (Å²) in [6.45, 7) is 2.14. The number of fused-ring (bicyclic) bond motifs is 2. The van der Waals surface area contributed by atoms with Gasteiger partial charge in [-0.2, -0.15) is 0 Å². The Balaban J connectivity index is 1.85. The van der Waals surface area contributed by atoms with Gasteiger partial charge in [0, 0.05) is 11.9 Å². The molecular formula is C23H18ClNO. The molecule has 1 aliphatic rings. The van der Waals surface area contributed by atoms with Gasteiger partial charge >= 0.3 is 0 Å². The van der Waals surface area contributed by atoms with Gasteiger partial charge in [-0.25, -0.2) is 0 Å². The van der Waals surface area contributed by atoms with Crippen LogP contribution in [0.2, 0.25) is 5.02 Å². The Labute approximate surface area is 158 Å². The minimum absolute atomic E-state index is 0.0157. The maximum Gasteiger partial charge on any atom is 0.224 e. The largest absolute Gasteiger partial charge is 0.308 e. The number of hydrogen-bond acceptors (Lipinski definition) is 1. The van der Waals surface area contributed by atoms with Crippen LogP contribution in [0.25, 0.3) is 23.3 Å². The highest BCUT2D eigenvalue weighted by molar-refractivity contribution is 6.30. The van der Waals surface area contributed by atoms with Crippen LogP contribution in [0.5, 0.6) is 0 Å². The van der Waals surface area contributed by atoms with Crippen LogP contribution in [-0.2, 0) is 11.3 Å². The summed E-state index contributed by atoms with van der Waals surface area (Å²) < 4.78 is 0. The molecular weight excluding hydrogens is 342 g/mol. The Morgan fingerprint density at radius 1 is 0.885 bits per heavy atom. The molecule has 1 heterocycles. The van der Waals surface area contributed by atoms with E-state index in [0.29, 0.717) is 11.6 Å². The van der Waals surface area contributed by atoms with Crippen molar-refractivity contribution in [1.29, 1.82) is 0 Å². The molecule has 0 bridgehead atoms. The summed E-state index contributed by atoms with van der Waals surface area (Å²) in [7, 11) is 0. The van der Waals surface area contributed by atoms with Crippen LogP contribution in [-0.4, -0.2) is 5.91 Å². The highest BCUT2D eigenvalue weighted by Crippen LogP contribution is 2.32. The lowest BCUT2D eigenvalue weighted by molar-refractivity contribution is -0.116. The quantitative estimate of drug-likeness (QED) is 0.518. The highest BCUT2D eigenvalue weighted by atomic mass is 35.5. The van der Waals surface area contributed by atoms with Gasteiger partial charge in [-0.1, -0.05) is 66.2 Å². The number of halogens is 1. The Hall–Kier alpha value is -2.84. The zero-order valence-corrected chi connectivity index (χ0v) is 15.2. The van der Waals surface area contributed by atoms with Crippen LogP contribution < -0.4 is 4.90 Å². The molecule has 26 heavy (non-hydrogen) atoms. The van der Waals surface area contributed by atoms with Crippen molar-refractivity contribution in [3.63, 3.8) is 0 Å². The molecule has 0 atom stereocenters. The normalized spacial score (nSPS) is 12.8. The summed E-state index contributed by atoms with van der Waals surface area (Å²) in [5.74, 6) is 0.0157. The van der Waals surface area contributed by atoms with Crippen LogP contribution in [0.15, 0.2) is 66.7 Å². The monoisotopic (exact) mass is 359 g/mol. The first-order valence-electron chi connectivity index (χ1n) is 8.56. The molecule has 3 aromatic rings. The Bertz CT molecular complexity index is 1010. The Morgan fingerprint density at radius 3 is 2.42 bits per heavy atom. The lowest BCUT2D eigenvalue weighted by Crippen LogP contribution is -2.29. The van der Waals surface area contributed by atoms with Crippen LogP contribution >= 0.6 is 11.6 Å². The summed E-state index contributed by atoms with van der Waals surface area (Å²) in [6.07, 6.45) is 4.14. The first-order valence-corrected chi connectivity index (χ1v) is 8.94. The second-order valence-electron chi connectivity index (χ2n) is 6.42. The smallest absolute Gasteiger partial charge is 0.224 e. The van der Waals surface area contributed by atoms with Gasteiger partial charge in [0.1, 0.15) is 0 Å². The van der Waals surface area contributed by atoms with Gasteiger partial charge in [0.25, 0.3) is 0 Å². The maximum absolute atomic E-state index is 12.3. The van der Waals surface area contributed by atoms with Gasteiger partial charge < -0.3 is 4.90 Å². The van der Waals surface area contributed by atoms with E-state index < -0.39 is 0 Å². The van der Waals surface area contributed by atoms with Crippen molar-refractivity contribution in [2.24, 2.45) is 0 Å². The van der Waals surface area contributed by atoms with Crippen molar-refractivity contribution in [1.82, 2.24) is 0 Å². The molecule has 2 nitrogen and oxygen atoms in total. The lowest BCUT2D eigenvalue weighted by atomic mass is 9.96. The second-order valence-corrected chi connectivity index (χ2v) is 6.86. The molecule has 0 radical (unpaired) electrons. The van der Waals surface area contributed by atoms with E-state index in [0.717, 1.165) is 27.9 Å². The molecule has 0 fully saturated rings. The number of rotatable bonds is 1. The Kier molecular flexibility index (Phi) is 4.36. The van der Waals surface area contributed by atoms with E-state index in [1.165, 1.54) is 5.56 Å². The average Bonchev–Trinajstić information content (AvgIpc) is 2.64. The number of carbonyl (C=O) groups excluding carboxylic acids is 1. The summed E-state index contributed by atoms with van der Waals surface area (Å²) >= 11 is 6.17. The fourth-order valence-electron chi connectivity index (χ4n) is 3.32. The molecule has 4 rings (SSSR count). The highest BCUT2D eigenvalue weighted by Gasteiger charge is 2.19. The standard InChI is InChI=1S/C23H18ClNO/c1-16(26)25-15-21-10-8-18(17-5-3-2-4-6-17)13-19(21)7-9-20-14-22(24)11-12-23(20)25/h2-14H,15H2,1H3.